The van der Waals surface area contributed by atoms with E-state index < -0.39 is 0 Å². The van der Waals surface area contributed by atoms with E-state index in [2.05, 4.69) is 63.3 Å². The first kappa shape index (κ1) is 17.1. The maximum Gasteiger partial charge on any atom is 0.242 e. The van der Waals surface area contributed by atoms with Gasteiger partial charge in [0.15, 0.2) is 0 Å². The van der Waals surface area contributed by atoms with Gasteiger partial charge < -0.3 is 5.32 Å². The fraction of sp³-hybridized carbons (Fsp3) is 0.316. The summed E-state index contributed by atoms with van der Waals surface area (Å²) < 4.78 is 1.05. The van der Waals surface area contributed by atoms with Crippen LogP contribution in [0.2, 0.25) is 0 Å². The maximum absolute atomic E-state index is 12.6. The van der Waals surface area contributed by atoms with Crippen molar-refractivity contribution >= 4 is 27.5 Å². The van der Waals surface area contributed by atoms with Crippen molar-refractivity contribution in [2.24, 2.45) is 0 Å². The minimum atomic E-state index is -0.251. The summed E-state index contributed by atoms with van der Waals surface area (Å²) in [7, 11) is 0. The van der Waals surface area contributed by atoms with E-state index in [0.29, 0.717) is 0 Å². The smallest absolute Gasteiger partial charge is 0.242 e. The van der Waals surface area contributed by atoms with Crippen LogP contribution in [0.25, 0.3) is 0 Å². The van der Waals surface area contributed by atoms with Crippen molar-refractivity contribution in [2.75, 3.05) is 5.32 Å². The van der Waals surface area contributed by atoms with Gasteiger partial charge in [-0.1, -0.05) is 45.8 Å². The second kappa shape index (κ2) is 7.05. The number of hydrogen-bond donors (Lipinski definition) is 3. The lowest BCUT2D eigenvalue weighted by molar-refractivity contribution is -0.117. The van der Waals surface area contributed by atoms with Crippen molar-refractivity contribution in [1.82, 2.24) is 10.9 Å². The Balaban J connectivity index is 1.68. The minimum Gasteiger partial charge on any atom is -0.324 e. The highest BCUT2D eigenvalue weighted by Crippen LogP contribution is 2.26. The molecule has 0 aromatic heterocycles. The molecule has 1 heterocycles. The van der Waals surface area contributed by atoms with Gasteiger partial charge >= 0.3 is 0 Å². The lowest BCUT2D eigenvalue weighted by Crippen LogP contribution is -2.39. The van der Waals surface area contributed by atoms with E-state index in [0.717, 1.165) is 27.7 Å². The summed E-state index contributed by atoms with van der Waals surface area (Å²) in [5, 5.41) is 3.08. The molecule has 2 aromatic carbocycles. The Bertz CT molecular complexity index is 735. The number of benzene rings is 2. The molecule has 3 rings (SSSR count). The SMILES string of the molecule is Cc1cc(C)c(NC(=O)C2CC(c3ccc(Br)cc3)NN2)c(C)c1. The first-order chi connectivity index (χ1) is 11.4. The van der Waals surface area contributed by atoms with Crippen molar-refractivity contribution in [2.45, 2.75) is 39.3 Å². The summed E-state index contributed by atoms with van der Waals surface area (Å²) in [5.41, 5.74) is 11.8. The number of halogens is 1. The van der Waals surface area contributed by atoms with E-state index in [1.54, 1.807) is 0 Å². The molecule has 1 aliphatic rings. The molecule has 5 heteroatoms. The van der Waals surface area contributed by atoms with Gasteiger partial charge in [0.2, 0.25) is 5.91 Å². The predicted molar refractivity (Wildman–Crippen MR) is 101 cm³/mol. The zero-order chi connectivity index (χ0) is 17.3. The molecule has 0 spiro atoms. The molecule has 3 N–H and O–H groups in total. The Morgan fingerprint density at radius 1 is 1.08 bits per heavy atom. The molecule has 0 aliphatic carbocycles. The van der Waals surface area contributed by atoms with E-state index in [4.69, 9.17) is 0 Å². The summed E-state index contributed by atoms with van der Waals surface area (Å²) in [6.45, 7) is 6.12. The Labute approximate surface area is 151 Å². The molecule has 2 aromatic rings. The number of rotatable bonds is 3. The van der Waals surface area contributed by atoms with Crippen LogP contribution in [0, 0.1) is 20.8 Å². The second-order valence-electron chi connectivity index (χ2n) is 6.44. The number of anilines is 1. The molecule has 2 atom stereocenters. The molecular weight excluding hydrogens is 366 g/mol. The van der Waals surface area contributed by atoms with Gasteiger partial charge in [0.25, 0.3) is 0 Å². The summed E-state index contributed by atoms with van der Waals surface area (Å²) in [5.74, 6) is -0.00263. The van der Waals surface area contributed by atoms with Gasteiger partial charge in [0, 0.05) is 16.2 Å². The number of aryl methyl sites for hydroxylation is 3. The number of hydrogen-bond acceptors (Lipinski definition) is 3. The van der Waals surface area contributed by atoms with E-state index in [9.17, 15) is 4.79 Å². The number of carbonyl (C=O) groups excluding carboxylic acids is 1. The van der Waals surface area contributed by atoms with Crippen molar-refractivity contribution in [3.05, 3.63) is 63.1 Å². The van der Waals surface area contributed by atoms with Crippen LogP contribution in [0.1, 0.15) is 34.7 Å². The van der Waals surface area contributed by atoms with Crippen LogP contribution < -0.4 is 16.2 Å². The number of hydrazine groups is 1. The third-order valence-corrected chi connectivity index (χ3v) is 4.95. The average molecular weight is 388 g/mol. The van der Waals surface area contributed by atoms with Crippen molar-refractivity contribution < 1.29 is 4.79 Å². The lowest BCUT2D eigenvalue weighted by atomic mass is 10.0. The van der Waals surface area contributed by atoms with Crippen LogP contribution >= 0.6 is 15.9 Å². The number of nitrogens with one attached hydrogen (secondary N) is 3. The highest BCUT2D eigenvalue weighted by Gasteiger charge is 2.30. The minimum absolute atomic E-state index is 0.00263. The Hall–Kier alpha value is -1.69. The lowest BCUT2D eigenvalue weighted by Gasteiger charge is -2.15. The Morgan fingerprint density at radius 3 is 2.33 bits per heavy atom. The predicted octanol–water partition coefficient (Wildman–Crippen LogP) is 3.92. The fourth-order valence-corrected chi connectivity index (χ4v) is 3.49. The molecule has 2 unspecified atom stereocenters. The maximum atomic E-state index is 12.6. The summed E-state index contributed by atoms with van der Waals surface area (Å²) in [6.07, 6.45) is 0.720. The monoisotopic (exact) mass is 387 g/mol. The van der Waals surface area contributed by atoms with Crippen molar-refractivity contribution in [3.8, 4) is 0 Å². The molecule has 126 valence electrons. The topological polar surface area (TPSA) is 53.2 Å². The standard InChI is InChI=1S/C19H22BrN3O/c1-11-8-12(2)18(13(3)9-11)21-19(24)17-10-16(22-23-17)14-4-6-15(20)7-5-14/h4-9,16-17,22-23H,10H2,1-3H3,(H,21,24). The van der Waals surface area contributed by atoms with Gasteiger partial charge in [-0.3, -0.25) is 4.79 Å². The summed E-state index contributed by atoms with van der Waals surface area (Å²) in [6, 6.07) is 12.2. The molecule has 0 radical (unpaired) electrons. The normalized spacial score (nSPS) is 20.2. The van der Waals surface area contributed by atoms with Gasteiger partial charge in [-0.15, -0.1) is 0 Å². The zero-order valence-corrected chi connectivity index (χ0v) is 15.7. The highest BCUT2D eigenvalue weighted by molar-refractivity contribution is 9.10. The number of carbonyl (C=O) groups is 1. The van der Waals surface area contributed by atoms with Crippen LogP contribution in [0.3, 0.4) is 0 Å². The van der Waals surface area contributed by atoms with E-state index in [1.165, 1.54) is 11.1 Å². The van der Waals surface area contributed by atoms with Crippen LogP contribution in [0.5, 0.6) is 0 Å². The van der Waals surface area contributed by atoms with Crippen LogP contribution in [-0.4, -0.2) is 11.9 Å². The number of amides is 1. The molecule has 0 saturated carbocycles. The third kappa shape index (κ3) is 3.69. The molecule has 0 bridgehead atoms. The van der Waals surface area contributed by atoms with Crippen LogP contribution in [0.4, 0.5) is 5.69 Å². The Kier molecular flexibility index (Phi) is 5.04. The molecule has 1 fully saturated rings. The van der Waals surface area contributed by atoms with Gasteiger partial charge in [0.1, 0.15) is 6.04 Å². The van der Waals surface area contributed by atoms with Gasteiger partial charge in [-0.2, -0.15) is 0 Å². The van der Waals surface area contributed by atoms with Crippen molar-refractivity contribution in [1.29, 1.82) is 0 Å². The third-order valence-electron chi connectivity index (χ3n) is 4.42. The van der Waals surface area contributed by atoms with E-state index >= 15 is 0 Å². The quantitative estimate of drug-likeness (QED) is 0.747. The zero-order valence-electron chi connectivity index (χ0n) is 14.1. The van der Waals surface area contributed by atoms with Gasteiger partial charge in [-0.25, -0.2) is 10.9 Å². The molecule has 1 aliphatic heterocycles. The van der Waals surface area contributed by atoms with Crippen LogP contribution in [0.15, 0.2) is 40.9 Å². The van der Waals surface area contributed by atoms with Crippen molar-refractivity contribution in [3.63, 3.8) is 0 Å². The summed E-state index contributed by atoms with van der Waals surface area (Å²) >= 11 is 3.44. The largest absolute Gasteiger partial charge is 0.324 e. The summed E-state index contributed by atoms with van der Waals surface area (Å²) in [4.78, 5) is 12.6. The molecular formula is C19H22BrN3O. The van der Waals surface area contributed by atoms with Crippen LogP contribution in [-0.2, 0) is 4.79 Å². The van der Waals surface area contributed by atoms with E-state index in [-0.39, 0.29) is 18.0 Å². The molecule has 1 saturated heterocycles. The second-order valence-corrected chi connectivity index (χ2v) is 7.36. The van der Waals surface area contributed by atoms with Gasteiger partial charge in [-0.05, 0) is 56.0 Å². The molecule has 4 nitrogen and oxygen atoms in total. The molecule has 24 heavy (non-hydrogen) atoms. The van der Waals surface area contributed by atoms with Gasteiger partial charge in [0.05, 0.1) is 0 Å². The highest BCUT2D eigenvalue weighted by atomic mass is 79.9. The first-order valence-electron chi connectivity index (χ1n) is 8.09. The average Bonchev–Trinajstić information content (AvgIpc) is 3.01. The molecule has 1 amide bonds. The Morgan fingerprint density at radius 2 is 1.71 bits per heavy atom. The van der Waals surface area contributed by atoms with E-state index in [1.807, 2.05) is 26.0 Å². The first-order valence-corrected chi connectivity index (χ1v) is 8.88. The fourth-order valence-electron chi connectivity index (χ4n) is 3.23.